The molecule has 0 unspecified atom stereocenters. The molecule has 2 rings (SSSR count). The maximum atomic E-state index is 12.5. The van der Waals surface area contributed by atoms with E-state index in [-0.39, 0.29) is 11.8 Å². The normalized spacial score (nSPS) is 17.3. The van der Waals surface area contributed by atoms with Crippen LogP contribution >= 0.6 is 22.9 Å². The predicted molar refractivity (Wildman–Crippen MR) is 93.3 cm³/mol. The van der Waals surface area contributed by atoms with Gasteiger partial charge in [0.15, 0.2) is 0 Å². The van der Waals surface area contributed by atoms with Crippen LogP contribution in [-0.4, -0.2) is 38.3 Å². The molecule has 1 aliphatic rings. The van der Waals surface area contributed by atoms with Crippen molar-refractivity contribution < 1.29 is 13.2 Å². The summed E-state index contributed by atoms with van der Waals surface area (Å²) in [5.41, 5.74) is 0. The fraction of sp³-hybridized carbons (Fsp3) is 0.667. The van der Waals surface area contributed by atoms with Crippen LogP contribution in [0, 0.1) is 5.92 Å². The minimum absolute atomic E-state index is 0.0739. The van der Waals surface area contributed by atoms with Crippen LogP contribution < -0.4 is 5.32 Å². The van der Waals surface area contributed by atoms with Gasteiger partial charge < -0.3 is 5.32 Å². The van der Waals surface area contributed by atoms with Crippen LogP contribution in [0.5, 0.6) is 0 Å². The minimum Gasteiger partial charge on any atom is -0.356 e. The molecule has 0 aliphatic carbocycles. The second-order valence-corrected chi connectivity index (χ2v) is 9.69. The van der Waals surface area contributed by atoms with Crippen molar-refractivity contribution in [3.05, 3.63) is 16.5 Å². The van der Waals surface area contributed by atoms with Gasteiger partial charge in [-0.15, -0.1) is 11.3 Å². The monoisotopic (exact) mass is 378 g/mol. The van der Waals surface area contributed by atoms with E-state index in [1.54, 1.807) is 12.1 Å². The second-order valence-electron chi connectivity index (χ2n) is 5.81. The average molecular weight is 379 g/mol. The summed E-state index contributed by atoms with van der Waals surface area (Å²) in [5.74, 6) is 0.333. The Labute approximate surface area is 147 Å². The Morgan fingerprint density at radius 2 is 2.09 bits per heavy atom. The van der Waals surface area contributed by atoms with Crippen LogP contribution in [-0.2, 0) is 14.8 Å². The van der Waals surface area contributed by atoms with Crippen molar-refractivity contribution in [3.63, 3.8) is 0 Å². The van der Waals surface area contributed by atoms with Crippen LogP contribution in [0.25, 0.3) is 0 Å². The number of amides is 1. The predicted octanol–water partition coefficient (Wildman–Crippen LogP) is 3.11. The fourth-order valence-electron chi connectivity index (χ4n) is 2.66. The Morgan fingerprint density at radius 3 is 2.65 bits per heavy atom. The molecule has 1 aromatic rings. The molecule has 0 radical (unpaired) electrons. The summed E-state index contributed by atoms with van der Waals surface area (Å²) in [6.07, 6.45) is 3.98. The molecule has 1 aliphatic heterocycles. The number of thiophene rings is 1. The molecular weight excluding hydrogens is 356 g/mol. The summed E-state index contributed by atoms with van der Waals surface area (Å²) in [6.45, 7) is 3.74. The maximum absolute atomic E-state index is 12.5. The number of piperidine rings is 1. The molecule has 1 saturated heterocycles. The highest BCUT2D eigenvalue weighted by atomic mass is 35.5. The van der Waals surface area contributed by atoms with Gasteiger partial charge in [-0.1, -0.05) is 24.9 Å². The van der Waals surface area contributed by atoms with Gasteiger partial charge in [-0.05, 0) is 37.3 Å². The number of unbranched alkanes of at least 4 members (excludes halogenated alkanes) is 1. The Kier molecular flexibility index (Phi) is 6.88. The largest absolute Gasteiger partial charge is 0.356 e. The number of hydrogen-bond acceptors (Lipinski definition) is 4. The van der Waals surface area contributed by atoms with Crippen LogP contribution in [0.2, 0.25) is 4.34 Å². The molecule has 1 N–H and O–H groups in total. The highest BCUT2D eigenvalue weighted by Crippen LogP contribution is 2.31. The van der Waals surface area contributed by atoms with E-state index in [1.807, 2.05) is 0 Å². The minimum atomic E-state index is -3.44. The molecule has 0 bridgehead atoms. The van der Waals surface area contributed by atoms with Gasteiger partial charge in [0.25, 0.3) is 10.0 Å². The lowest BCUT2D eigenvalue weighted by Gasteiger charge is -2.30. The Balaban J connectivity index is 1.83. The number of halogens is 1. The van der Waals surface area contributed by atoms with E-state index >= 15 is 0 Å². The van der Waals surface area contributed by atoms with Gasteiger partial charge in [0.1, 0.15) is 4.21 Å². The molecule has 1 fully saturated rings. The standard InChI is InChI=1S/C15H23ClN2O3S2/c1-2-3-8-17-14(19)11-12-6-9-18(10-7-12)23(20,21)15-5-4-13(16)22-15/h4-5,12H,2-3,6-11H2,1H3,(H,17,19). The number of sulfonamides is 1. The second kappa shape index (κ2) is 8.46. The van der Waals surface area contributed by atoms with Gasteiger partial charge in [0.2, 0.25) is 5.91 Å². The van der Waals surface area contributed by atoms with Crippen LogP contribution in [0.3, 0.4) is 0 Å². The van der Waals surface area contributed by atoms with E-state index in [0.717, 1.165) is 43.6 Å². The number of carbonyl (C=O) groups is 1. The third kappa shape index (κ3) is 5.17. The lowest BCUT2D eigenvalue weighted by molar-refractivity contribution is -0.122. The third-order valence-electron chi connectivity index (χ3n) is 4.04. The Morgan fingerprint density at radius 1 is 1.39 bits per heavy atom. The molecule has 0 atom stereocenters. The Bertz CT molecular complexity index is 622. The van der Waals surface area contributed by atoms with E-state index in [4.69, 9.17) is 11.6 Å². The first-order valence-corrected chi connectivity index (χ1v) is 10.6. The number of rotatable bonds is 7. The lowest BCUT2D eigenvalue weighted by Crippen LogP contribution is -2.39. The summed E-state index contributed by atoms with van der Waals surface area (Å²) in [4.78, 5) is 11.8. The maximum Gasteiger partial charge on any atom is 0.252 e. The van der Waals surface area contributed by atoms with Crippen LogP contribution in [0.15, 0.2) is 16.3 Å². The summed E-state index contributed by atoms with van der Waals surface area (Å²) >= 11 is 6.91. The molecule has 130 valence electrons. The smallest absolute Gasteiger partial charge is 0.252 e. The zero-order valence-corrected chi connectivity index (χ0v) is 15.6. The van der Waals surface area contributed by atoms with Gasteiger partial charge in [-0.25, -0.2) is 8.42 Å². The summed E-state index contributed by atoms with van der Waals surface area (Å²) < 4.78 is 27.3. The van der Waals surface area contributed by atoms with E-state index in [2.05, 4.69) is 12.2 Å². The number of carbonyl (C=O) groups excluding carboxylic acids is 1. The van der Waals surface area contributed by atoms with E-state index in [1.165, 1.54) is 4.31 Å². The Hall–Kier alpha value is -0.630. The zero-order valence-electron chi connectivity index (χ0n) is 13.3. The lowest BCUT2D eigenvalue weighted by atomic mass is 9.94. The van der Waals surface area contributed by atoms with Crippen molar-refractivity contribution in [2.45, 2.75) is 43.2 Å². The molecule has 23 heavy (non-hydrogen) atoms. The van der Waals surface area contributed by atoms with Crippen molar-refractivity contribution in [2.24, 2.45) is 5.92 Å². The van der Waals surface area contributed by atoms with Gasteiger partial charge in [-0.3, -0.25) is 4.79 Å². The zero-order chi connectivity index (χ0) is 16.9. The molecule has 1 aromatic heterocycles. The SMILES string of the molecule is CCCCNC(=O)CC1CCN(S(=O)(=O)c2ccc(Cl)s2)CC1. The van der Waals surface area contributed by atoms with Crippen molar-refractivity contribution in [1.82, 2.24) is 9.62 Å². The summed E-state index contributed by atoms with van der Waals surface area (Å²) in [7, 11) is -3.44. The first-order valence-electron chi connectivity index (χ1n) is 7.95. The van der Waals surface area contributed by atoms with Crippen LogP contribution in [0.4, 0.5) is 0 Å². The topological polar surface area (TPSA) is 66.5 Å². The van der Waals surface area contributed by atoms with E-state index < -0.39 is 10.0 Å². The van der Waals surface area contributed by atoms with Crippen molar-refractivity contribution in [2.75, 3.05) is 19.6 Å². The molecule has 1 amide bonds. The molecular formula is C15H23ClN2O3S2. The van der Waals surface area contributed by atoms with Crippen molar-refractivity contribution >= 4 is 38.9 Å². The molecule has 0 aromatic carbocycles. The fourth-order valence-corrected chi connectivity index (χ4v) is 5.76. The quantitative estimate of drug-likeness (QED) is 0.741. The number of nitrogens with zero attached hydrogens (tertiary/aromatic N) is 1. The average Bonchev–Trinajstić information content (AvgIpc) is 2.95. The number of nitrogens with one attached hydrogen (secondary N) is 1. The van der Waals surface area contributed by atoms with Gasteiger partial charge >= 0.3 is 0 Å². The number of hydrogen-bond donors (Lipinski definition) is 1. The van der Waals surface area contributed by atoms with Crippen molar-refractivity contribution in [3.8, 4) is 0 Å². The molecule has 2 heterocycles. The van der Waals surface area contributed by atoms with Crippen molar-refractivity contribution in [1.29, 1.82) is 0 Å². The third-order valence-corrected chi connectivity index (χ3v) is 7.64. The molecule has 5 nitrogen and oxygen atoms in total. The molecule has 0 saturated carbocycles. The van der Waals surface area contributed by atoms with E-state index in [9.17, 15) is 13.2 Å². The summed E-state index contributed by atoms with van der Waals surface area (Å²) in [6, 6.07) is 3.15. The molecule has 8 heteroatoms. The summed E-state index contributed by atoms with van der Waals surface area (Å²) in [5, 5.41) is 2.92. The van der Waals surface area contributed by atoms with Gasteiger partial charge in [0.05, 0.1) is 4.34 Å². The van der Waals surface area contributed by atoms with E-state index in [0.29, 0.717) is 28.1 Å². The van der Waals surface area contributed by atoms with Gasteiger partial charge in [0, 0.05) is 26.1 Å². The van der Waals surface area contributed by atoms with Gasteiger partial charge in [-0.2, -0.15) is 4.31 Å². The first kappa shape index (κ1) is 18.7. The molecule has 0 spiro atoms. The van der Waals surface area contributed by atoms with Crippen LogP contribution in [0.1, 0.15) is 39.0 Å². The highest BCUT2D eigenvalue weighted by molar-refractivity contribution is 7.91. The first-order chi connectivity index (χ1) is 10.9. The highest BCUT2D eigenvalue weighted by Gasteiger charge is 2.31.